The molecule has 0 aromatic carbocycles. The second-order valence-electron chi connectivity index (χ2n) is 3.62. The predicted molar refractivity (Wildman–Crippen MR) is 60.9 cm³/mol. The van der Waals surface area contributed by atoms with Gasteiger partial charge in [0.25, 0.3) is 0 Å². The largest absolute Gasteiger partial charge is 0.481 e. The molecule has 0 saturated carbocycles. The minimum atomic E-state index is -0.958. The molecule has 0 bridgehead atoms. The van der Waals surface area contributed by atoms with E-state index < -0.39 is 12.0 Å². The maximum Gasteiger partial charge on any atom is 0.303 e. The third-order valence-corrected chi connectivity index (χ3v) is 2.20. The Morgan fingerprint density at radius 1 is 1.53 bits per heavy atom. The Kier molecular flexibility index (Phi) is 5.09. The van der Waals surface area contributed by atoms with Crippen LogP contribution in [0.4, 0.5) is 0 Å². The van der Waals surface area contributed by atoms with Gasteiger partial charge < -0.3 is 16.2 Å². The number of carbonyl (C=O) groups is 2. The molecule has 1 atom stereocenters. The van der Waals surface area contributed by atoms with Gasteiger partial charge in [-0.1, -0.05) is 6.07 Å². The molecule has 4 N–H and O–H groups in total. The zero-order valence-electron chi connectivity index (χ0n) is 9.30. The quantitative estimate of drug-likeness (QED) is 0.640. The summed E-state index contributed by atoms with van der Waals surface area (Å²) in [6.07, 6.45) is 3.31. The molecule has 1 unspecified atom stereocenters. The zero-order valence-corrected chi connectivity index (χ0v) is 9.30. The number of hydrogen-bond acceptors (Lipinski definition) is 4. The number of aromatic nitrogens is 1. The van der Waals surface area contributed by atoms with E-state index in [1.807, 2.05) is 6.07 Å². The first-order chi connectivity index (χ1) is 8.09. The average molecular weight is 237 g/mol. The molecule has 1 heterocycles. The van der Waals surface area contributed by atoms with E-state index in [4.69, 9.17) is 10.8 Å². The van der Waals surface area contributed by atoms with Crippen LogP contribution in [-0.2, 0) is 16.1 Å². The number of carboxylic acids is 1. The number of hydrogen-bond donors (Lipinski definition) is 3. The number of nitrogens with zero attached hydrogens (tertiary/aromatic N) is 1. The number of amides is 1. The summed E-state index contributed by atoms with van der Waals surface area (Å²) in [4.78, 5) is 25.7. The van der Waals surface area contributed by atoms with Crippen LogP contribution in [0.25, 0.3) is 0 Å². The molecule has 1 amide bonds. The summed E-state index contributed by atoms with van der Waals surface area (Å²) in [5.41, 5.74) is 6.41. The molecule has 92 valence electrons. The van der Waals surface area contributed by atoms with E-state index in [1.165, 1.54) is 0 Å². The SMILES string of the molecule is NC(CCC(=O)O)C(=O)NCc1cccnc1. The monoisotopic (exact) mass is 237 g/mol. The maximum absolute atomic E-state index is 11.5. The van der Waals surface area contributed by atoms with Crippen LogP contribution in [0.3, 0.4) is 0 Å². The Labute approximate surface area is 98.8 Å². The van der Waals surface area contributed by atoms with Gasteiger partial charge in [-0.3, -0.25) is 14.6 Å². The van der Waals surface area contributed by atoms with E-state index in [9.17, 15) is 9.59 Å². The first-order valence-corrected chi connectivity index (χ1v) is 5.23. The molecule has 6 heteroatoms. The van der Waals surface area contributed by atoms with Crippen molar-refractivity contribution in [2.24, 2.45) is 5.73 Å². The van der Waals surface area contributed by atoms with Crippen molar-refractivity contribution < 1.29 is 14.7 Å². The molecule has 0 radical (unpaired) electrons. The Morgan fingerprint density at radius 3 is 2.88 bits per heavy atom. The fourth-order valence-corrected chi connectivity index (χ4v) is 1.23. The predicted octanol–water partition coefficient (Wildman–Crippen LogP) is -0.110. The molecule has 1 aromatic rings. The number of nitrogens with two attached hydrogens (primary N) is 1. The maximum atomic E-state index is 11.5. The van der Waals surface area contributed by atoms with Crippen molar-refractivity contribution >= 4 is 11.9 Å². The number of carboxylic acid groups (broad SMARTS) is 1. The van der Waals surface area contributed by atoms with Gasteiger partial charge in [0.15, 0.2) is 0 Å². The van der Waals surface area contributed by atoms with Crippen molar-refractivity contribution in [3.8, 4) is 0 Å². The normalized spacial score (nSPS) is 11.8. The molecule has 0 aliphatic heterocycles. The summed E-state index contributed by atoms with van der Waals surface area (Å²) in [6, 6.07) is 2.81. The first kappa shape index (κ1) is 13.1. The van der Waals surface area contributed by atoms with Crippen molar-refractivity contribution in [1.82, 2.24) is 10.3 Å². The number of aliphatic carboxylic acids is 1. The van der Waals surface area contributed by atoms with E-state index in [1.54, 1.807) is 18.5 Å². The molecule has 6 nitrogen and oxygen atoms in total. The van der Waals surface area contributed by atoms with Crippen molar-refractivity contribution in [2.45, 2.75) is 25.4 Å². The van der Waals surface area contributed by atoms with Gasteiger partial charge in [-0.05, 0) is 18.1 Å². The highest BCUT2D eigenvalue weighted by Gasteiger charge is 2.14. The molecule has 0 fully saturated rings. The molecular weight excluding hydrogens is 222 g/mol. The fraction of sp³-hybridized carbons (Fsp3) is 0.364. The van der Waals surface area contributed by atoms with Crippen LogP contribution in [-0.4, -0.2) is 28.0 Å². The van der Waals surface area contributed by atoms with Gasteiger partial charge in [0.05, 0.1) is 6.04 Å². The van der Waals surface area contributed by atoms with Crippen LogP contribution in [0, 0.1) is 0 Å². The van der Waals surface area contributed by atoms with Crippen LogP contribution in [0.5, 0.6) is 0 Å². The van der Waals surface area contributed by atoms with Crippen molar-refractivity contribution in [3.05, 3.63) is 30.1 Å². The van der Waals surface area contributed by atoms with Crippen LogP contribution >= 0.6 is 0 Å². The Bertz CT molecular complexity index is 381. The lowest BCUT2D eigenvalue weighted by Crippen LogP contribution is -2.40. The Morgan fingerprint density at radius 2 is 2.29 bits per heavy atom. The third kappa shape index (κ3) is 5.07. The lowest BCUT2D eigenvalue weighted by Gasteiger charge is -2.10. The van der Waals surface area contributed by atoms with Crippen LogP contribution in [0.2, 0.25) is 0 Å². The van der Waals surface area contributed by atoms with E-state index >= 15 is 0 Å². The molecule has 17 heavy (non-hydrogen) atoms. The number of carbonyl (C=O) groups excluding carboxylic acids is 1. The van der Waals surface area contributed by atoms with Gasteiger partial charge in [0.1, 0.15) is 0 Å². The minimum Gasteiger partial charge on any atom is -0.481 e. The van der Waals surface area contributed by atoms with Gasteiger partial charge in [-0.25, -0.2) is 0 Å². The van der Waals surface area contributed by atoms with E-state index in [-0.39, 0.29) is 18.7 Å². The summed E-state index contributed by atoms with van der Waals surface area (Å²) < 4.78 is 0. The van der Waals surface area contributed by atoms with Crippen LogP contribution in [0.15, 0.2) is 24.5 Å². The summed E-state index contributed by atoms with van der Waals surface area (Å²) >= 11 is 0. The molecular formula is C11H15N3O3. The Hall–Kier alpha value is -1.95. The van der Waals surface area contributed by atoms with Gasteiger partial charge in [-0.2, -0.15) is 0 Å². The number of nitrogens with one attached hydrogen (secondary N) is 1. The molecule has 0 aliphatic carbocycles. The van der Waals surface area contributed by atoms with E-state index in [0.29, 0.717) is 6.54 Å². The molecule has 0 saturated heterocycles. The summed E-state index contributed by atoms with van der Waals surface area (Å²) in [5.74, 6) is -1.31. The molecule has 1 rings (SSSR count). The highest BCUT2D eigenvalue weighted by Crippen LogP contribution is 1.97. The summed E-state index contributed by atoms with van der Waals surface area (Å²) in [6.45, 7) is 0.341. The second kappa shape index (κ2) is 6.59. The van der Waals surface area contributed by atoms with Gasteiger partial charge in [0.2, 0.25) is 5.91 Å². The number of rotatable bonds is 6. The van der Waals surface area contributed by atoms with E-state index in [2.05, 4.69) is 10.3 Å². The van der Waals surface area contributed by atoms with Crippen molar-refractivity contribution in [3.63, 3.8) is 0 Å². The fourth-order valence-electron chi connectivity index (χ4n) is 1.23. The minimum absolute atomic E-state index is 0.110. The highest BCUT2D eigenvalue weighted by atomic mass is 16.4. The van der Waals surface area contributed by atoms with Gasteiger partial charge in [-0.15, -0.1) is 0 Å². The molecule has 1 aromatic heterocycles. The standard InChI is InChI=1S/C11H15N3O3/c12-9(3-4-10(15)16)11(17)14-7-8-2-1-5-13-6-8/h1-2,5-6,9H,3-4,7,12H2,(H,14,17)(H,15,16). The van der Waals surface area contributed by atoms with Crippen molar-refractivity contribution in [2.75, 3.05) is 0 Å². The van der Waals surface area contributed by atoms with Crippen molar-refractivity contribution in [1.29, 1.82) is 0 Å². The summed E-state index contributed by atoms with van der Waals surface area (Å²) in [5, 5.41) is 11.1. The summed E-state index contributed by atoms with van der Waals surface area (Å²) in [7, 11) is 0. The van der Waals surface area contributed by atoms with E-state index in [0.717, 1.165) is 5.56 Å². The second-order valence-corrected chi connectivity index (χ2v) is 3.62. The van der Waals surface area contributed by atoms with Crippen LogP contribution < -0.4 is 11.1 Å². The van der Waals surface area contributed by atoms with Gasteiger partial charge >= 0.3 is 5.97 Å². The topological polar surface area (TPSA) is 105 Å². The average Bonchev–Trinajstić information content (AvgIpc) is 2.34. The zero-order chi connectivity index (χ0) is 12.7. The smallest absolute Gasteiger partial charge is 0.303 e. The molecule has 0 spiro atoms. The Balaban J connectivity index is 2.32. The first-order valence-electron chi connectivity index (χ1n) is 5.23. The lowest BCUT2D eigenvalue weighted by molar-refractivity contribution is -0.137. The highest BCUT2D eigenvalue weighted by molar-refractivity contribution is 5.82. The third-order valence-electron chi connectivity index (χ3n) is 2.20. The van der Waals surface area contributed by atoms with Crippen LogP contribution in [0.1, 0.15) is 18.4 Å². The lowest BCUT2D eigenvalue weighted by atomic mass is 10.1. The number of pyridine rings is 1. The van der Waals surface area contributed by atoms with Gasteiger partial charge in [0, 0.05) is 25.4 Å². The molecule has 0 aliphatic rings.